The Morgan fingerprint density at radius 3 is 2.84 bits per heavy atom. The van der Waals surface area contributed by atoms with Gasteiger partial charge in [-0.05, 0) is 52.7 Å². The Morgan fingerprint density at radius 2 is 2.16 bits per heavy atom. The maximum absolute atomic E-state index is 12.0. The van der Waals surface area contributed by atoms with Crippen LogP contribution >= 0.6 is 51.5 Å². The van der Waals surface area contributed by atoms with Gasteiger partial charge in [-0.1, -0.05) is 11.6 Å². The molecular weight excluding hydrogens is 366 g/mol. The molecule has 0 aliphatic rings. The Kier molecular flexibility index (Phi) is 5.33. The Labute approximate surface area is 134 Å². The van der Waals surface area contributed by atoms with Crippen molar-refractivity contribution < 1.29 is 4.79 Å². The topological polar surface area (TPSA) is 29.1 Å². The molecule has 6 heteroatoms. The first-order valence-electron chi connectivity index (χ1n) is 5.57. The van der Waals surface area contributed by atoms with Crippen molar-refractivity contribution in [2.45, 2.75) is 11.3 Å². The van der Waals surface area contributed by atoms with Crippen LogP contribution in [0.3, 0.4) is 0 Å². The van der Waals surface area contributed by atoms with E-state index in [-0.39, 0.29) is 5.91 Å². The van der Waals surface area contributed by atoms with Gasteiger partial charge in [0.15, 0.2) is 0 Å². The predicted molar refractivity (Wildman–Crippen MR) is 86.8 cm³/mol. The smallest absolute Gasteiger partial charge is 0.252 e. The number of nitrogens with one attached hydrogen (secondary N) is 1. The maximum atomic E-state index is 12.0. The number of thiophene rings is 1. The van der Waals surface area contributed by atoms with E-state index in [1.807, 2.05) is 24.3 Å². The molecule has 1 N–H and O–H groups in total. The fourth-order valence-electron chi connectivity index (χ4n) is 1.57. The van der Waals surface area contributed by atoms with Crippen molar-refractivity contribution in [3.8, 4) is 0 Å². The van der Waals surface area contributed by atoms with Crippen molar-refractivity contribution in [3.63, 3.8) is 0 Å². The quantitative estimate of drug-likeness (QED) is 0.760. The van der Waals surface area contributed by atoms with E-state index in [0.29, 0.717) is 12.1 Å². The molecule has 0 radical (unpaired) electrons. The summed E-state index contributed by atoms with van der Waals surface area (Å²) in [7, 11) is 0. The van der Waals surface area contributed by atoms with Crippen molar-refractivity contribution in [3.05, 3.63) is 49.6 Å². The van der Waals surface area contributed by atoms with E-state index in [2.05, 4.69) is 33.9 Å². The lowest BCUT2D eigenvalue weighted by Gasteiger charge is -2.07. The number of hydrogen-bond acceptors (Lipinski definition) is 3. The molecule has 100 valence electrons. The molecule has 1 heterocycles. The van der Waals surface area contributed by atoms with E-state index in [4.69, 9.17) is 11.6 Å². The van der Waals surface area contributed by atoms with Crippen LogP contribution in [0.1, 0.15) is 15.2 Å². The third kappa shape index (κ3) is 4.24. The first-order chi connectivity index (χ1) is 9.06. The van der Waals surface area contributed by atoms with Crippen LogP contribution in [0.2, 0.25) is 4.34 Å². The van der Waals surface area contributed by atoms with Gasteiger partial charge in [0.05, 0.1) is 9.90 Å². The SMILES string of the molecule is O=C(NCCc1ccc(Cl)s1)c1cc(S)ccc1Br. The Morgan fingerprint density at radius 1 is 1.37 bits per heavy atom. The molecule has 2 nitrogen and oxygen atoms in total. The monoisotopic (exact) mass is 375 g/mol. The molecule has 2 rings (SSSR count). The summed E-state index contributed by atoms with van der Waals surface area (Å²) < 4.78 is 1.54. The Hall–Kier alpha value is -0.490. The molecular formula is C13H11BrClNOS2. The number of carbonyl (C=O) groups is 1. The number of hydrogen-bond donors (Lipinski definition) is 2. The van der Waals surface area contributed by atoms with E-state index in [9.17, 15) is 4.79 Å². The Balaban J connectivity index is 1.92. The van der Waals surface area contributed by atoms with Gasteiger partial charge in [-0.25, -0.2) is 0 Å². The molecule has 0 saturated carbocycles. The molecule has 0 aliphatic heterocycles. The summed E-state index contributed by atoms with van der Waals surface area (Å²) in [5, 5.41) is 2.89. The van der Waals surface area contributed by atoms with Gasteiger partial charge in [-0.15, -0.1) is 24.0 Å². The average molecular weight is 377 g/mol. The second-order valence-corrected chi connectivity index (χ2v) is 7.05. The zero-order chi connectivity index (χ0) is 13.8. The van der Waals surface area contributed by atoms with Gasteiger partial charge >= 0.3 is 0 Å². The lowest BCUT2D eigenvalue weighted by molar-refractivity contribution is 0.0953. The lowest BCUT2D eigenvalue weighted by atomic mass is 10.2. The number of thiol groups is 1. The number of rotatable bonds is 4. The highest BCUT2D eigenvalue weighted by molar-refractivity contribution is 9.10. The molecule has 0 unspecified atom stereocenters. The van der Waals surface area contributed by atoms with E-state index < -0.39 is 0 Å². The molecule has 2 aromatic rings. The highest BCUT2D eigenvalue weighted by atomic mass is 79.9. The minimum absolute atomic E-state index is 0.106. The van der Waals surface area contributed by atoms with Crippen LogP contribution in [0.25, 0.3) is 0 Å². The van der Waals surface area contributed by atoms with Crippen molar-refractivity contribution in [1.29, 1.82) is 0 Å². The second-order valence-electron chi connectivity index (χ2n) is 3.88. The molecule has 0 spiro atoms. The third-order valence-electron chi connectivity index (χ3n) is 2.48. The van der Waals surface area contributed by atoms with Gasteiger partial charge in [0.25, 0.3) is 5.91 Å². The van der Waals surface area contributed by atoms with E-state index in [1.54, 1.807) is 6.07 Å². The molecule has 1 amide bonds. The molecule has 1 aromatic carbocycles. The van der Waals surface area contributed by atoms with Crippen LogP contribution in [-0.4, -0.2) is 12.5 Å². The summed E-state index contributed by atoms with van der Waals surface area (Å²) in [4.78, 5) is 13.9. The molecule has 0 bridgehead atoms. The summed E-state index contributed by atoms with van der Waals surface area (Å²) in [6.07, 6.45) is 0.779. The average Bonchev–Trinajstić information content (AvgIpc) is 2.78. The molecule has 1 aromatic heterocycles. The lowest BCUT2D eigenvalue weighted by Crippen LogP contribution is -2.25. The van der Waals surface area contributed by atoms with Crippen molar-refractivity contribution in [1.82, 2.24) is 5.32 Å². The zero-order valence-electron chi connectivity index (χ0n) is 9.82. The summed E-state index contributed by atoms with van der Waals surface area (Å²) in [6, 6.07) is 9.23. The van der Waals surface area contributed by atoms with Crippen LogP contribution in [0, 0.1) is 0 Å². The summed E-state index contributed by atoms with van der Waals surface area (Å²) in [6.45, 7) is 0.582. The van der Waals surface area contributed by atoms with Gasteiger partial charge in [0, 0.05) is 20.8 Å². The number of halogens is 2. The molecule has 0 saturated heterocycles. The first kappa shape index (κ1) is 14.9. The number of amides is 1. The van der Waals surface area contributed by atoms with Crippen LogP contribution in [0.4, 0.5) is 0 Å². The zero-order valence-corrected chi connectivity index (χ0v) is 13.9. The largest absolute Gasteiger partial charge is 0.352 e. The minimum atomic E-state index is -0.106. The minimum Gasteiger partial charge on any atom is -0.352 e. The van der Waals surface area contributed by atoms with Gasteiger partial charge in [0.2, 0.25) is 0 Å². The third-order valence-corrected chi connectivity index (χ3v) is 4.74. The first-order valence-corrected chi connectivity index (χ1v) is 8.00. The molecule has 19 heavy (non-hydrogen) atoms. The summed E-state index contributed by atoms with van der Waals surface area (Å²) in [5.74, 6) is -0.106. The predicted octanol–water partition coefficient (Wildman–Crippen LogP) is 4.43. The highest BCUT2D eigenvalue weighted by Crippen LogP contribution is 2.22. The normalized spacial score (nSPS) is 10.5. The fraction of sp³-hybridized carbons (Fsp3) is 0.154. The molecule has 0 aliphatic carbocycles. The van der Waals surface area contributed by atoms with Gasteiger partial charge in [-0.2, -0.15) is 0 Å². The van der Waals surface area contributed by atoms with Crippen LogP contribution in [0.15, 0.2) is 39.7 Å². The van der Waals surface area contributed by atoms with E-state index in [0.717, 1.165) is 25.0 Å². The van der Waals surface area contributed by atoms with Gasteiger partial charge < -0.3 is 5.32 Å². The molecule has 0 atom stereocenters. The van der Waals surface area contributed by atoms with E-state index >= 15 is 0 Å². The van der Waals surface area contributed by atoms with Gasteiger partial charge in [0.1, 0.15) is 0 Å². The van der Waals surface area contributed by atoms with Crippen molar-refractivity contribution in [2.24, 2.45) is 0 Å². The number of carbonyl (C=O) groups excluding carboxylic acids is 1. The molecule has 0 fully saturated rings. The van der Waals surface area contributed by atoms with E-state index in [1.165, 1.54) is 11.3 Å². The van der Waals surface area contributed by atoms with Crippen LogP contribution in [-0.2, 0) is 6.42 Å². The Bertz CT molecular complexity index is 600. The van der Waals surface area contributed by atoms with Gasteiger partial charge in [-0.3, -0.25) is 4.79 Å². The van der Waals surface area contributed by atoms with Crippen LogP contribution in [0.5, 0.6) is 0 Å². The summed E-state index contributed by atoms with van der Waals surface area (Å²) in [5.41, 5.74) is 0.594. The highest BCUT2D eigenvalue weighted by Gasteiger charge is 2.10. The fourth-order valence-corrected chi connectivity index (χ4v) is 3.29. The summed E-state index contributed by atoms with van der Waals surface area (Å²) >= 11 is 15.0. The maximum Gasteiger partial charge on any atom is 0.252 e. The van der Waals surface area contributed by atoms with Crippen molar-refractivity contribution in [2.75, 3.05) is 6.54 Å². The van der Waals surface area contributed by atoms with Crippen LogP contribution < -0.4 is 5.32 Å². The number of benzene rings is 1. The standard InChI is InChI=1S/C13H11BrClNOS2/c14-11-3-1-8(18)7-10(11)13(17)16-6-5-9-2-4-12(15)19-9/h1-4,7,18H,5-6H2,(H,16,17). The van der Waals surface area contributed by atoms with Crippen molar-refractivity contribution >= 4 is 57.4 Å². The second kappa shape index (κ2) is 6.79.